The Kier molecular flexibility index (Phi) is 7.10. The van der Waals surface area contributed by atoms with Crippen molar-refractivity contribution in [3.8, 4) is 11.5 Å². The molecule has 0 bridgehead atoms. The molecule has 6 heteroatoms. The van der Waals surface area contributed by atoms with Gasteiger partial charge >= 0.3 is 6.09 Å². The fraction of sp³-hybridized carbons (Fsp3) is 0.462. The first-order valence-electron chi connectivity index (χ1n) is 6.10. The van der Waals surface area contributed by atoms with E-state index in [0.717, 1.165) is 0 Å². The second-order valence-electron chi connectivity index (χ2n) is 3.48. The minimum absolute atomic E-state index is 0.321. The van der Waals surface area contributed by atoms with Crippen LogP contribution in [0.3, 0.4) is 0 Å². The van der Waals surface area contributed by atoms with Crippen LogP contribution in [0.1, 0.15) is 13.8 Å². The SMILES string of the molecule is CCOc1ccc(NC(=O)OCCBr)cc1OCC. The first kappa shape index (κ1) is 15.6. The number of amides is 1. The van der Waals surface area contributed by atoms with Gasteiger partial charge in [0.15, 0.2) is 11.5 Å². The molecule has 1 aromatic carbocycles. The van der Waals surface area contributed by atoms with Crippen LogP contribution in [0.4, 0.5) is 10.5 Å². The van der Waals surface area contributed by atoms with Crippen LogP contribution >= 0.6 is 15.9 Å². The van der Waals surface area contributed by atoms with E-state index in [-0.39, 0.29) is 0 Å². The molecule has 0 spiro atoms. The molecule has 0 fully saturated rings. The number of hydrogen-bond donors (Lipinski definition) is 1. The van der Waals surface area contributed by atoms with Gasteiger partial charge in [0, 0.05) is 17.1 Å². The monoisotopic (exact) mass is 331 g/mol. The third-order valence-corrected chi connectivity index (χ3v) is 2.42. The van der Waals surface area contributed by atoms with Gasteiger partial charge in [0.25, 0.3) is 0 Å². The molecular formula is C13H18BrNO4. The highest BCUT2D eigenvalue weighted by Crippen LogP contribution is 2.30. The van der Waals surface area contributed by atoms with E-state index in [4.69, 9.17) is 14.2 Å². The van der Waals surface area contributed by atoms with Crippen LogP contribution in [-0.2, 0) is 4.74 Å². The van der Waals surface area contributed by atoms with Crippen LogP contribution in [0.25, 0.3) is 0 Å². The van der Waals surface area contributed by atoms with E-state index in [1.54, 1.807) is 18.2 Å². The third-order valence-electron chi connectivity index (χ3n) is 2.10. The standard InChI is InChI=1S/C13H18BrNO4/c1-3-17-11-6-5-10(9-12(11)18-4-2)15-13(16)19-8-7-14/h5-6,9H,3-4,7-8H2,1-2H3,(H,15,16). The Labute approximate surface area is 121 Å². The summed E-state index contributed by atoms with van der Waals surface area (Å²) in [5.41, 5.74) is 0.603. The lowest BCUT2D eigenvalue weighted by Gasteiger charge is -2.12. The van der Waals surface area contributed by atoms with Gasteiger partial charge in [0.1, 0.15) is 6.61 Å². The Morgan fingerprint density at radius 2 is 1.89 bits per heavy atom. The highest BCUT2D eigenvalue weighted by molar-refractivity contribution is 9.09. The molecule has 5 nitrogen and oxygen atoms in total. The molecule has 1 amide bonds. The van der Waals surface area contributed by atoms with Crippen LogP contribution in [0.2, 0.25) is 0 Å². The summed E-state index contributed by atoms with van der Waals surface area (Å²) < 4.78 is 15.8. The molecule has 0 saturated carbocycles. The van der Waals surface area contributed by atoms with Crippen LogP contribution in [0.5, 0.6) is 11.5 Å². The number of carbonyl (C=O) groups is 1. The molecule has 0 aliphatic carbocycles. The van der Waals surface area contributed by atoms with Crippen LogP contribution in [0.15, 0.2) is 18.2 Å². The fourth-order valence-corrected chi connectivity index (χ4v) is 1.58. The molecule has 0 unspecified atom stereocenters. The molecule has 0 radical (unpaired) electrons. The second-order valence-corrected chi connectivity index (χ2v) is 4.27. The predicted octanol–water partition coefficient (Wildman–Crippen LogP) is 3.43. The second kappa shape index (κ2) is 8.63. The maximum Gasteiger partial charge on any atom is 0.411 e. The number of hydrogen-bond acceptors (Lipinski definition) is 4. The number of halogens is 1. The lowest BCUT2D eigenvalue weighted by molar-refractivity contribution is 0.169. The minimum atomic E-state index is -0.494. The van der Waals surface area contributed by atoms with Gasteiger partial charge in [-0.3, -0.25) is 5.32 Å². The summed E-state index contributed by atoms with van der Waals surface area (Å²) in [6.07, 6.45) is -0.494. The van der Waals surface area contributed by atoms with Gasteiger partial charge in [-0.25, -0.2) is 4.79 Å². The highest BCUT2D eigenvalue weighted by Gasteiger charge is 2.08. The smallest absolute Gasteiger partial charge is 0.411 e. The molecule has 1 rings (SSSR count). The summed E-state index contributed by atoms with van der Waals surface area (Å²) in [6.45, 7) is 5.19. The normalized spacial score (nSPS) is 9.84. The average Bonchev–Trinajstić information content (AvgIpc) is 2.40. The number of ether oxygens (including phenoxy) is 3. The maximum absolute atomic E-state index is 11.4. The van der Waals surface area contributed by atoms with Gasteiger partial charge in [0.2, 0.25) is 0 Å². The number of benzene rings is 1. The van der Waals surface area contributed by atoms with E-state index < -0.39 is 6.09 Å². The molecule has 0 atom stereocenters. The van der Waals surface area contributed by atoms with E-state index in [2.05, 4.69) is 21.2 Å². The Hall–Kier alpha value is -1.43. The summed E-state index contributed by atoms with van der Waals surface area (Å²) in [5, 5.41) is 3.23. The lowest BCUT2D eigenvalue weighted by Crippen LogP contribution is -2.14. The van der Waals surface area contributed by atoms with Gasteiger partial charge in [-0.15, -0.1) is 0 Å². The number of rotatable bonds is 7. The van der Waals surface area contributed by atoms with Gasteiger partial charge in [-0.1, -0.05) is 15.9 Å². The van der Waals surface area contributed by atoms with Gasteiger partial charge in [-0.05, 0) is 26.0 Å². The van der Waals surface area contributed by atoms with Gasteiger partial charge < -0.3 is 14.2 Å². The highest BCUT2D eigenvalue weighted by atomic mass is 79.9. The number of alkyl halides is 1. The molecule has 0 heterocycles. The largest absolute Gasteiger partial charge is 0.490 e. The topological polar surface area (TPSA) is 56.8 Å². The summed E-state index contributed by atoms with van der Waals surface area (Å²) in [5.74, 6) is 1.26. The van der Waals surface area contributed by atoms with Gasteiger partial charge in [0.05, 0.1) is 13.2 Å². The Bertz CT molecular complexity index is 412. The Balaban J connectivity index is 2.74. The van der Waals surface area contributed by atoms with Crippen LogP contribution in [-0.4, -0.2) is 31.2 Å². The van der Waals surface area contributed by atoms with E-state index >= 15 is 0 Å². The maximum atomic E-state index is 11.4. The van der Waals surface area contributed by atoms with E-state index in [9.17, 15) is 4.79 Å². The zero-order valence-electron chi connectivity index (χ0n) is 11.1. The summed E-state index contributed by atoms with van der Waals surface area (Å²) in [7, 11) is 0. The zero-order valence-corrected chi connectivity index (χ0v) is 12.7. The average molecular weight is 332 g/mol. The van der Waals surface area contributed by atoms with E-state index in [1.165, 1.54) is 0 Å². The zero-order chi connectivity index (χ0) is 14.1. The molecule has 1 N–H and O–H groups in total. The quantitative estimate of drug-likeness (QED) is 0.777. The van der Waals surface area contributed by atoms with E-state index in [1.807, 2.05) is 13.8 Å². The summed E-state index contributed by atoms with van der Waals surface area (Å²) in [4.78, 5) is 11.4. The Morgan fingerprint density at radius 3 is 2.53 bits per heavy atom. The van der Waals surface area contributed by atoms with Crippen LogP contribution < -0.4 is 14.8 Å². The van der Waals surface area contributed by atoms with Crippen molar-refractivity contribution in [2.24, 2.45) is 0 Å². The molecule has 0 aliphatic rings. The molecule has 106 valence electrons. The molecule has 0 saturated heterocycles. The Morgan fingerprint density at radius 1 is 1.21 bits per heavy atom. The van der Waals surface area contributed by atoms with Crippen molar-refractivity contribution in [1.82, 2.24) is 0 Å². The first-order valence-corrected chi connectivity index (χ1v) is 7.22. The number of carbonyl (C=O) groups excluding carboxylic acids is 1. The molecule has 19 heavy (non-hydrogen) atoms. The van der Waals surface area contributed by atoms with Crippen LogP contribution in [0, 0.1) is 0 Å². The molecule has 0 aliphatic heterocycles. The molecular weight excluding hydrogens is 314 g/mol. The molecule has 0 aromatic heterocycles. The van der Waals surface area contributed by atoms with Gasteiger partial charge in [-0.2, -0.15) is 0 Å². The number of nitrogens with one attached hydrogen (secondary N) is 1. The van der Waals surface area contributed by atoms with Crippen molar-refractivity contribution >= 4 is 27.7 Å². The van der Waals surface area contributed by atoms with Crippen molar-refractivity contribution in [1.29, 1.82) is 0 Å². The fourth-order valence-electron chi connectivity index (χ4n) is 1.41. The van der Waals surface area contributed by atoms with E-state index in [0.29, 0.717) is 42.3 Å². The first-order chi connectivity index (χ1) is 9.21. The van der Waals surface area contributed by atoms with Crippen molar-refractivity contribution in [2.45, 2.75) is 13.8 Å². The minimum Gasteiger partial charge on any atom is -0.490 e. The van der Waals surface area contributed by atoms with Crippen molar-refractivity contribution in [3.63, 3.8) is 0 Å². The summed E-state index contributed by atoms with van der Waals surface area (Å²) in [6, 6.07) is 5.21. The molecule has 1 aromatic rings. The predicted molar refractivity (Wildman–Crippen MR) is 77.5 cm³/mol. The number of anilines is 1. The van der Waals surface area contributed by atoms with Crippen molar-refractivity contribution < 1.29 is 19.0 Å². The lowest BCUT2D eigenvalue weighted by atomic mass is 10.2. The van der Waals surface area contributed by atoms with Crippen molar-refractivity contribution in [3.05, 3.63) is 18.2 Å². The van der Waals surface area contributed by atoms with Crippen molar-refractivity contribution in [2.75, 3.05) is 30.5 Å². The summed E-state index contributed by atoms with van der Waals surface area (Å²) >= 11 is 3.18. The third kappa shape index (κ3) is 5.38.